The van der Waals surface area contributed by atoms with E-state index in [9.17, 15) is 0 Å². The molecule has 4 aromatic rings. The fraction of sp³-hybridized carbons (Fsp3) is 0.316. The van der Waals surface area contributed by atoms with Crippen LogP contribution in [0.15, 0.2) is 43.1 Å². The van der Waals surface area contributed by atoms with Gasteiger partial charge in [-0.3, -0.25) is 9.38 Å². The fourth-order valence-electron chi connectivity index (χ4n) is 3.82. The number of aromatic amines is 1. The number of pyridine rings is 1. The lowest BCUT2D eigenvalue weighted by atomic mass is 9.95. The minimum absolute atomic E-state index is 0.504. The Bertz CT molecular complexity index is 1020. The molecule has 0 amide bonds. The summed E-state index contributed by atoms with van der Waals surface area (Å²) in [6.45, 7) is 0. The Kier molecular flexibility index (Phi) is 3.40. The van der Waals surface area contributed by atoms with Crippen molar-refractivity contribution in [1.29, 1.82) is 0 Å². The number of fused-ring (bicyclic) bond motifs is 2. The summed E-state index contributed by atoms with van der Waals surface area (Å²) < 4.78 is 2.10. The lowest BCUT2D eigenvalue weighted by Crippen LogP contribution is -2.23. The quantitative estimate of drug-likeness (QED) is 0.594. The van der Waals surface area contributed by atoms with Crippen LogP contribution in [-0.2, 0) is 0 Å². The van der Waals surface area contributed by atoms with Crippen LogP contribution in [0.4, 0.5) is 5.82 Å². The highest BCUT2D eigenvalue weighted by Gasteiger charge is 2.21. The van der Waals surface area contributed by atoms with Gasteiger partial charge in [-0.2, -0.15) is 0 Å². The summed E-state index contributed by atoms with van der Waals surface area (Å²) in [5.41, 5.74) is 3.77. The predicted octanol–water partition coefficient (Wildman–Crippen LogP) is 4.02. The van der Waals surface area contributed by atoms with E-state index in [1.807, 2.05) is 24.7 Å². The molecule has 25 heavy (non-hydrogen) atoms. The standard InChI is InChI=1S/C19H20N6/c1-2-5-13(6-3-1)23-19-17(24-16-12-20-9-10-25(16)19)15-11-22-18-14(15)7-4-8-21-18/h4,7-13,23H,1-3,5-6H2,(H,21,22). The predicted molar refractivity (Wildman–Crippen MR) is 98.6 cm³/mol. The molecule has 4 aromatic heterocycles. The summed E-state index contributed by atoms with van der Waals surface area (Å²) in [6.07, 6.45) is 15.8. The monoisotopic (exact) mass is 332 g/mol. The molecular weight excluding hydrogens is 312 g/mol. The van der Waals surface area contributed by atoms with Crippen molar-refractivity contribution in [1.82, 2.24) is 24.3 Å². The third kappa shape index (κ3) is 2.45. The minimum Gasteiger partial charge on any atom is -0.367 e. The first kappa shape index (κ1) is 14.5. The molecule has 0 bridgehead atoms. The molecule has 0 atom stereocenters. The number of nitrogens with one attached hydrogen (secondary N) is 2. The summed E-state index contributed by atoms with van der Waals surface area (Å²) in [5, 5.41) is 4.85. The molecule has 2 N–H and O–H groups in total. The largest absolute Gasteiger partial charge is 0.367 e. The number of anilines is 1. The average molecular weight is 332 g/mol. The number of H-pyrrole nitrogens is 1. The molecule has 1 aliphatic carbocycles. The molecule has 1 saturated carbocycles. The second-order valence-corrected chi connectivity index (χ2v) is 6.69. The number of hydrogen-bond donors (Lipinski definition) is 2. The third-order valence-electron chi connectivity index (χ3n) is 5.08. The zero-order valence-corrected chi connectivity index (χ0v) is 13.9. The van der Waals surface area contributed by atoms with Gasteiger partial charge in [0.2, 0.25) is 0 Å². The van der Waals surface area contributed by atoms with E-state index in [1.165, 1.54) is 32.1 Å². The molecule has 0 saturated heterocycles. The third-order valence-corrected chi connectivity index (χ3v) is 5.08. The first-order valence-electron chi connectivity index (χ1n) is 8.91. The van der Waals surface area contributed by atoms with Gasteiger partial charge in [0.25, 0.3) is 0 Å². The van der Waals surface area contributed by atoms with Gasteiger partial charge in [-0.15, -0.1) is 0 Å². The molecular formula is C19H20N6. The summed E-state index contributed by atoms with van der Waals surface area (Å²) in [7, 11) is 0. The Hall–Kier alpha value is -2.89. The van der Waals surface area contributed by atoms with Crippen molar-refractivity contribution in [3.8, 4) is 11.3 Å². The van der Waals surface area contributed by atoms with Gasteiger partial charge in [0.05, 0.1) is 6.20 Å². The zero-order chi connectivity index (χ0) is 16.6. The minimum atomic E-state index is 0.504. The van der Waals surface area contributed by atoms with Crippen LogP contribution in [0.25, 0.3) is 27.9 Å². The van der Waals surface area contributed by atoms with Gasteiger partial charge in [0, 0.05) is 41.8 Å². The van der Waals surface area contributed by atoms with E-state index in [2.05, 4.69) is 30.7 Å². The van der Waals surface area contributed by atoms with Crippen LogP contribution in [0.1, 0.15) is 32.1 Å². The second kappa shape index (κ2) is 5.88. The fourth-order valence-corrected chi connectivity index (χ4v) is 3.82. The van der Waals surface area contributed by atoms with E-state index in [0.29, 0.717) is 6.04 Å². The highest BCUT2D eigenvalue weighted by Crippen LogP contribution is 2.34. The number of imidazole rings is 1. The molecule has 0 aliphatic heterocycles. The first-order chi connectivity index (χ1) is 12.4. The maximum atomic E-state index is 4.86. The van der Waals surface area contributed by atoms with Gasteiger partial charge in [0.15, 0.2) is 5.65 Å². The van der Waals surface area contributed by atoms with E-state index in [0.717, 1.165) is 33.8 Å². The van der Waals surface area contributed by atoms with Gasteiger partial charge in [-0.25, -0.2) is 9.97 Å². The molecule has 1 aliphatic rings. The molecule has 0 unspecified atom stereocenters. The van der Waals surface area contributed by atoms with Crippen molar-refractivity contribution in [2.75, 3.05) is 5.32 Å². The Morgan fingerprint density at radius 3 is 3.00 bits per heavy atom. The van der Waals surface area contributed by atoms with Crippen molar-refractivity contribution in [2.45, 2.75) is 38.1 Å². The Morgan fingerprint density at radius 1 is 1.16 bits per heavy atom. The smallest absolute Gasteiger partial charge is 0.157 e. The van der Waals surface area contributed by atoms with Crippen LogP contribution in [0, 0.1) is 0 Å². The molecule has 5 rings (SSSR count). The summed E-state index contributed by atoms with van der Waals surface area (Å²) in [6, 6.07) is 4.55. The molecule has 0 radical (unpaired) electrons. The lowest BCUT2D eigenvalue weighted by Gasteiger charge is -2.24. The van der Waals surface area contributed by atoms with Gasteiger partial charge in [0.1, 0.15) is 17.2 Å². The topological polar surface area (TPSA) is 70.9 Å². The van der Waals surface area contributed by atoms with Crippen molar-refractivity contribution < 1.29 is 0 Å². The molecule has 0 spiro atoms. The first-order valence-corrected chi connectivity index (χ1v) is 8.91. The van der Waals surface area contributed by atoms with Crippen LogP contribution in [0.3, 0.4) is 0 Å². The van der Waals surface area contributed by atoms with Crippen LogP contribution in [0.2, 0.25) is 0 Å². The SMILES string of the molecule is c1cnc2[nH]cc(-c3nc4cnccn4c3NC3CCCCC3)c2c1. The molecule has 4 heterocycles. The highest BCUT2D eigenvalue weighted by molar-refractivity contribution is 5.96. The van der Waals surface area contributed by atoms with Crippen molar-refractivity contribution in [3.05, 3.63) is 43.1 Å². The van der Waals surface area contributed by atoms with Gasteiger partial charge in [-0.05, 0) is 25.0 Å². The number of rotatable bonds is 3. The summed E-state index contributed by atoms with van der Waals surface area (Å²) >= 11 is 0. The van der Waals surface area contributed by atoms with Crippen LogP contribution in [0.5, 0.6) is 0 Å². The molecule has 0 aromatic carbocycles. The van der Waals surface area contributed by atoms with Gasteiger partial charge in [-0.1, -0.05) is 19.3 Å². The van der Waals surface area contributed by atoms with Gasteiger partial charge < -0.3 is 10.3 Å². The summed E-state index contributed by atoms with van der Waals surface area (Å²) in [5.74, 6) is 1.05. The maximum absolute atomic E-state index is 4.86. The van der Waals surface area contributed by atoms with E-state index in [-0.39, 0.29) is 0 Å². The number of aromatic nitrogens is 5. The van der Waals surface area contributed by atoms with Gasteiger partial charge >= 0.3 is 0 Å². The molecule has 126 valence electrons. The zero-order valence-electron chi connectivity index (χ0n) is 13.9. The molecule has 1 fully saturated rings. The Labute approximate surface area is 145 Å². The van der Waals surface area contributed by atoms with Crippen LogP contribution < -0.4 is 5.32 Å². The number of hydrogen-bond acceptors (Lipinski definition) is 4. The Balaban J connectivity index is 1.67. The van der Waals surface area contributed by atoms with Crippen molar-refractivity contribution in [2.24, 2.45) is 0 Å². The van der Waals surface area contributed by atoms with Crippen molar-refractivity contribution >= 4 is 22.5 Å². The van der Waals surface area contributed by atoms with E-state index in [1.54, 1.807) is 12.4 Å². The number of nitrogens with zero attached hydrogens (tertiary/aromatic N) is 4. The van der Waals surface area contributed by atoms with E-state index in [4.69, 9.17) is 4.98 Å². The molecule has 6 nitrogen and oxygen atoms in total. The summed E-state index contributed by atoms with van der Waals surface area (Å²) in [4.78, 5) is 16.7. The maximum Gasteiger partial charge on any atom is 0.157 e. The van der Waals surface area contributed by atoms with E-state index >= 15 is 0 Å². The van der Waals surface area contributed by atoms with Crippen LogP contribution in [-0.4, -0.2) is 30.4 Å². The second-order valence-electron chi connectivity index (χ2n) is 6.69. The molecule has 6 heteroatoms. The normalized spacial score (nSPS) is 15.8. The Morgan fingerprint density at radius 2 is 2.08 bits per heavy atom. The average Bonchev–Trinajstić information content (AvgIpc) is 3.24. The van der Waals surface area contributed by atoms with E-state index < -0.39 is 0 Å². The highest BCUT2D eigenvalue weighted by atomic mass is 15.2. The van der Waals surface area contributed by atoms with Crippen molar-refractivity contribution in [3.63, 3.8) is 0 Å². The lowest BCUT2D eigenvalue weighted by molar-refractivity contribution is 0.462. The van der Waals surface area contributed by atoms with Crippen LogP contribution >= 0.6 is 0 Å².